The van der Waals surface area contributed by atoms with Crippen LogP contribution >= 0.6 is 24.0 Å². The van der Waals surface area contributed by atoms with Crippen LogP contribution in [0.15, 0.2) is 42.7 Å². The van der Waals surface area contributed by atoms with Gasteiger partial charge in [-0.2, -0.15) is 0 Å². The third-order valence-corrected chi connectivity index (χ3v) is 5.51. The number of benzene rings is 1. The molecule has 9 heteroatoms. The normalized spacial score (nSPS) is 22.8. The number of carbonyl (C=O) groups is 1. The van der Waals surface area contributed by atoms with Gasteiger partial charge in [0.1, 0.15) is 0 Å². The fourth-order valence-electron chi connectivity index (χ4n) is 3.78. The van der Waals surface area contributed by atoms with Gasteiger partial charge >= 0.3 is 0 Å². The van der Waals surface area contributed by atoms with Crippen LogP contribution in [0.3, 0.4) is 0 Å². The third-order valence-electron chi connectivity index (χ3n) is 5.26. The van der Waals surface area contributed by atoms with Crippen molar-refractivity contribution < 1.29 is 9.90 Å². The molecular formula is C19H23Cl2N5O2. The lowest BCUT2D eigenvalue weighted by atomic mass is 10.1. The molecule has 1 aromatic heterocycles. The van der Waals surface area contributed by atoms with E-state index in [2.05, 4.69) is 19.8 Å². The molecule has 0 radical (unpaired) electrons. The van der Waals surface area contributed by atoms with Crippen molar-refractivity contribution in [2.24, 2.45) is 0 Å². The number of hydrogen-bond donors (Lipinski definition) is 1. The van der Waals surface area contributed by atoms with Crippen LogP contribution in [-0.4, -0.2) is 82.2 Å². The molecule has 0 bridgehead atoms. The predicted octanol–water partition coefficient (Wildman–Crippen LogP) is 1.56. The maximum absolute atomic E-state index is 12.7. The van der Waals surface area contributed by atoms with E-state index in [-0.39, 0.29) is 24.4 Å². The third kappa shape index (κ3) is 4.38. The van der Waals surface area contributed by atoms with Crippen molar-refractivity contribution in [3.05, 3.63) is 53.3 Å². The summed E-state index contributed by atoms with van der Waals surface area (Å²) in [6.45, 7) is 4.11. The first-order valence-corrected chi connectivity index (χ1v) is 9.48. The molecule has 2 unspecified atom stereocenters. The number of rotatable bonds is 3. The number of piperazine rings is 1. The van der Waals surface area contributed by atoms with Gasteiger partial charge in [-0.15, -0.1) is 12.4 Å². The van der Waals surface area contributed by atoms with Crippen molar-refractivity contribution in [1.82, 2.24) is 19.8 Å². The average Bonchev–Trinajstić information content (AvgIpc) is 3.10. The fourth-order valence-corrected chi connectivity index (χ4v) is 3.90. The molecule has 4 rings (SSSR count). The van der Waals surface area contributed by atoms with Crippen LogP contribution in [0.2, 0.25) is 5.02 Å². The van der Waals surface area contributed by atoms with Crippen LogP contribution in [0.4, 0.5) is 5.95 Å². The molecule has 2 atom stereocenters. The highest BCUT2D eigenvalue weighted by Gasteiger charge is 2.39. The topological polar surface area (TPSA) is 72.8 Å². The maximum Gasteiger partial charge on any atom is 0.253 e. The van der Waals surface area contributed by atoms with Crippen LogP contribution in [0.5, 0.6) is 0 Å². The van der Waals surface area contributed by atoms with Crippen molar-refractivity contribution in [3.63, 3.8) is 0 Å². The second-order valence-electron chi connectivity index (χ2n) is 6.92. The lowest BCUT2D eigenvalue weighted by Crippen LogP contribution is -2.54. The van der Waals surface area contributed by atoms with E-state index in [4.69, 9.17) is 11.6 Å². The Morgan fingerprint density at radius 1 is 1.04 bits per heavy atom. The molecule has 0 spiro atoms. The van der Waals surface area contributed by atoms with E-state index in [1.807, 2.05) is 0 Å². The Bertz CT molecular complexity index is 785. The molecule has 7 nitrogen and oxygen atoms in total. The number of hydrogen-bond acceptors (Lipinski definition) is 6. The fraction of sp³-hybridized carbons (Fsp3) is 0.421. The largest absolute Gasteiger partial charge is 0.390 e. The summed E-state index contributed by atoms with van der Waals surface area (Å²) in [6, 6.07) is 8.64. The summed E-state index contributed by atoms with van der Waals surface area (Å²) >= 11 is 5.90. The number of nitrogens with zero attached hydrogens (tertiary/aromatic N) is 5. The molecule has 2 aromatic rings. The van der Waals surface area contributed by atoms with Gasteiger partial charge in [-0.3, -0.25) is 9.69 Å². The van der Waals surface area contributed by atoms with Crippen LogP contribution in [-0.2, 0) is 0 Å². The summed E-state index contributed by atoms with van der Waals surface area (Å²) in [4.78, 5) is 27.4. The van der Waals surface area contributed by atoms with E-state index < -0.39 is 6.10 Å². The van der Waals surface area contributed by atoms with Gasteiger partial charge in [0.25, 0.3) is 5.91 Å². The van der Waals surface area contributed by atoms with Gasteiger partial charge in [-0.25, -0.2) is 9.97 Å². The van der Waals surface area contributed by atoms with Gasteiger partial charge in [0, 0.05) is 62.2 Å². The number of anilines is 1. The van der Waals surface area contributed by atoms with E-state index in [1.165, 1.54) is 0 Å². The lowest BCUT2D eigenvalue weighted by Gasteiger charge is -2.38. The molecule has 1 amide bonds. The molecule has 0 saturated carbocycles. The summed E-state index contributed by atoms with van der Waals surface area (Å²) in [7, 11) is 0. The highest BCUT2D eigenvalue weighted by atomic mass is 35.5. The van der Waals surface area contributed by atoms with E-state index in [0.717, 1.165) is 32.1 Å². The standard InChI is InChI=1S/C19H22ClN5O2.ClH/c20-15-4-2-14(3-5-15)18(27)25-12-16(17(26)13-25)23-8-10-24(11-9-23)19-21-6-1-7-22-19;/h1-7,16-17,26H,8-13H2;1H. The number of carbonyl (C=O) groups excluding carboxylic acids is 1. The van der Waals surface area contributed by atoms with Gasteiger partial charge in [-0.05, 0) is 30.3 Å². The Hall–Kier alpha value is -1.93. The minimum atomic E-state index is -0.541. The van der Waals surface area contributed by atoms with Crippen molar-refractivity contribution in [2.45, 2.75) is 12.1 Å². The first kappa shape index (κ1) is 20.8. The number of likely N-dealkylation sites (tertiary alicyclic amines) is 1. The first-order chi connectivity index (χ1) is 13.1. The zero-order valence-corrected chi connectivity index (χ0v) is 16.9. The number of aromatic nitrogens is 2. The Labute approximate surface area is 175 Å². The number of aliphatic hydroxyl groups excluding tert-OH is 1. The molecule has 28 heavy (non-hydrogen) atoms. The van der Waals surface area contributed by atoms with Gasteiger partial charge in [0.2, 0.25) is 5.95 Å². The molecular weight excluding hydrogens is 401 g/mol. The quantitative estimate of drug-likeness (QED) is 0.807. The highest BCUT2D eigenvalue weighted by molar-refractivity contribution is 6.30. The van der Waals surface area contributed by atoms with Gasteiger partial charge in [0.15, 0.2) is 0 Å². The highest BCUT2D eigenvalue weighted by Crippen LogP contribution is 2.22. The zero-order valence-electron chi connectivity index (χ0n) is 15.3. The molecule has 2 aliphatic rings. The number of amides is 1. The SMILES string of the molecule is Cl.O=C(c1ccc(Cl)cc1)N1CC(O)C(N2CCN(c3ncccn3)CC2)C1. The molecule has 2 fully saturated rings. The monoisotopic (exact) mass is 423 g/mol. The van der Waals surface area contributed by atoms with E-state index >= 15 is 0 Å². The van der Waals surface area contributed by atoms with E-state index in [0.29, 0.717) is 23.7 Å². The van der Waals surface area contributed by atoms with Crippen molar-refractivity contribution in [2.75, 3.05) is 44.2 Å². The van der Waals surface area contributed by atoms with Gasteiger partial charge in [0.05, 0.1) is 12.1 Å². The van der Waals surface area contributed by atoms with E-state index in [9.17, 15) is 9.90 Å². The van der Waals surface area contributed by atoms with E-state index in [1.54, 1.807) is 47.6 Å². The smallest absolute Gasteiger partial charge is 0.253 e. The van der Waals surface area contributed by atoms with Crippen LogP contribution < -0.4 is 4.90 Å². The first-order valence-electron chi connectivity index (χ1n) is 9.11. The lowest BCUT2D eigenvalue weighted by molar-refractivity contribution is 0.0754. The van der Waals surface area contributed by atoms with Crippen LogP contribution in [0, 0.1) is 0 Å². The Kier molecular flexibility index (Phi) is 6.72. The number of aliphatic hydroxyl groups is 1. The van der Waals surface area contributed by atoms with Crippen molar-refractivity contribution >= 4 is 35.9 Å². The second-order valence-corrected chi connectivity index (χ2v) is 7.36. The summed E-state index contributed by atoms with van der Waals surface area (Å²) in [5.41, 5.74) is 0.596. The Balaban J connectivity index is 0.00000225. The molecule has 3 heterocycles. The summed E-state index contributed by atoms with van der Waals surface area (Å²) < 4.78 is 0. The maximum atomic E-state index is 12.7. The summed E-state index contributed by atoms with van der Waals surface area (Å²) in [6.07, 6.45) is 2.95. The minimum Gasteiger partial charge on any atom is -0.390 e. The average molecular weight is 424 g/mol. The van der Waals surface area contributed by atoms with Crippen molar-refractivity contribution in [1.29, 1.82) is 0 Å². The molecule has 2 saturated heterocycles. The number of β-amino-alcohol motifs (C(OH)–C–C–N with tert-alkyl or cyclic N) is 1. The predicted molar refractivity (Wildman–Crippen MR) is 110 cm³/mol. The molecule has 1 aromatic carbocycles. The molecule has 150 valence electrons. The molecule has 1 N–H and O–H groups in total. The van der Waals surface area contributed by atoms with Crippen LogP contribution in [0.1, 0.15) is 10.4 Å². The molecule has 0 aliphatic carbocycles. The minimum absolute atomic E-state index is 0. The second kappa shape index (κ2) is 9.05. The number of halogens is 2. The van der Waals surface area contributed by atoms with Crippen LogP contribution in [0.25, 0.3) is 0 Å². The van der Waals surface area contributed by atoms with Gasteiger partial charge < -0.3 is 14.9 Å². The Morgan fingerprint density at radius 2 is 1.68 bits per heavy atom. The van der Waals surface area contributed by atoms with Gasteiger partial charge in [-0.1, -0.05) is 11.6 Å². The Morgan fingerprint density at radius 3 is 2.32 bits per heavy atom. The summed E-state index contributed by atoms with van der Waals surface area (Å²) in [5, 5.41) is 11.1. The van der Waals surface area contributed by atoms with Crippen molar-refractivity contribution in [3.8, 4) is 0 Å². The summed E-state index contributed by atoms with van der Waals surface area (Å²) in [5.74, 6) is 0.674. The zero-order chi connectivity index (χ0) is 18.8. The molecule has 2 aliphatic heterocycles.